The maximum absolute atomic E-state index is 14.2. The number of guanidine groups is 1. The quantitative estimate of drug-likeness (QED) is 0.00728. The molecule has 590 valence electrons. The molecule has 23 N–H and O–H groups in total. The zero-order valence-corrected chi connectivity index (χ0v) is 62.9. The summed E-state index contributed by atoms with van der Waals surface area (Å²) in [5.74, 6) is -17.3. The van der Waals surface area contributed by atoms with Gasteiger partial charge in [0.2, 0.25) is 70.9 Å². The second-order valence-electron chi connectivity index (χ2n) is 25.3. The third kappa shape index (κ3) is 34.8. The Labute approximate surface area is 626 Å². The van der Waals surface area contributed by atoms with Gasteiger partial charge in [0.15, 0.2) is 5.96 Å². The number of rotatable bonds is 40. The van der Waals surface area contributed by atoms with E-state index in [1.807, 2.05) is 27.7 Å². The molecule has 2 aliphatic rings. The Balaban J connectivity index is 1.70. The number of benzene rings is 1. The number of carbonyl (C=O) groups is 15. The predicted octanol–water partition coefficient (Wildman–Crippen LogP) is -5.43. The summed E-state index contributed by atoms with van der Waals surface area (Å²) in [4.78, 5) is 201. The third-order valence-electron chi connectivity index (χ3n) is 16.2. The summed E-state index contributed by atoms with van der Waals surface area (Å²) in [5, 5.41) is 99.7. The zero-order chi connectivity index (χ0) is 79.3. The van der Waals surface area contributed by atoms with Gasteiger partial charge in [-0.25, -0.2) is 0 Å². The van der Waals surface area contributed by atoms with Gasteiger partial charge in [-0.3, -0.25) is 82.2 Å². The van der Waals surface area contributed by atoms with Crippen LogP contribution in [0.5, 0.6) is 0 Å². The summed E-state index contributed by atoms with van der Waals surface area (Å²) < 4.78 is 0. The summed E-state index contributed by atoms with van der Waals surface area (Å²) in [7, 11) is 3.76. The number of carbonyl (C=O) groups excluding carboxylic acids is 12. The van der Waals surface area contributed by atoms with Crippen LogP contribution in [0.4, 0.5) is 0 Å². The summed E-state index contributed by atoms with van der Waals surface area (Å²) in [5.41, 5.74) is 5.70. The molecule has 40 nitrogen and oxygen atoms in total. The van der Waals surface area contributed by atoms with Crippen LogP contribution < -0.4 is 85.5 Å². The Kier molecular flexibility index (Phi) is 40.0. The molecule has 3 rings (SSSR count). The molecule has 2 saturated heterocycles. The SMILES string of the molecule is C/C(=N/O)C(C)(C)NCCN(CCNC(=O)CCC(=O)N[C@@H](C)C(=O)N[C@H]1CSSC[C@@H](C(=O)N[C@@H](CCCNC(=N)N)C(=O)NCC(=O)N[C@@H](CC(=O)O)C(=O)N[C@H]2CSSC[C@@H](C(=O)NCC(=O)O)NC(=O)[C@H](Cc3ccccc3)NC2=O)NC(=O)[C@H](CC(=O)O)NC1=O)CCNC(C)(C)/C(C)=N\O. The van der Waals surface area contributed by atoms with Crippen LogP contribution in [0.2, 0.25) is 0 Å². The van der Waals surface area contributed by atoms with Gasteiger partial charge in [0.25, 0.3) is 0 Å². The van der Waals surface area contributed by atoms with Crippen molar-refractivity contribution in [2.75, 3.05) is 81.9 Å². The standard InChI is InChI=1S/C62H98N20O20S4/c1-33(71-46(84)16-15-45(83)65-18-21-82(22-19-69-61(4,5)34(2)80-101)23-20-70-62(6,7)35(3)81-102)51(92)76-42-30-104-106-31-43(79-56(97)40(26-49(88)89)75-58(42)99)57(98)73-37(14-11-17-66-60(63)64)52(93)67-27-47(85)72-39(25-48(86)87)55(96)78-44-32-105-103-29-41(53(94)68-28-50(90)91)77-54(95)38(74-59(44)100)24-36-12-9-8-10-13-36/h8-10,12-13,33,37-44,69-70,101-102H,11,14-32H2,1-7H3,(H,65,83)(H,67,93)(H,68,94)(H,71,84)(H,72,85)(H,73,98)(H,74,100)(H,75,99)(H,76,92)(H,77,95)(H,78,96)(H,79,97)(H,86,87)(H,88,89)(H,90,91)(H4,63,64,66)/b80-34-,81-35-/t33-,37-,38-,39-,40-,41-,42-,43-,44-/m0/s1. The predicted molar refractivity (Wildman–Crippen MR) is 393 cm³/mol. The van der Waals surface area contributed by atoms with Gasteiger partial charge in [-0.15, -0.1) is 0 Å². The molecule has 0 aliphatic carbocycles. The average Bonchev–Trinajstić information content (AvgIpc) is 1.63. The molecule has 1 aromatic rings. The van der Waals surface area contributed by atoms with Crippen LogP contribution >= 0.6 is 43.2 Å². The van der Waals surface area contributed by atoms with E-state index in [2.05, 4.69) is 95.0 Å². The van der Waals surface area contributed by atoms with E-state index in [0.29, 0.717) is 49.7 Å². The van der Waals surface area contributed by atoms with E-state index >= 15 is 0 Å². The molecule has 0 unspecified atom stereocenters. The molecular formula is C62H98N20O20S4. The fraction of sp³-hybridized carbons (Fsp3) is 0.613. The maximum atomic E-state index is 14.2. The van der Waals surface area contributed by atoms with Crippen molar-refractivity contribution in [3.05, 3.63) is 35.9 Å². The van der Waals surface area contributed by atoms with Crippen molar-refractivity contribution in [1.29, 1.82) is 5.41 Å². The monoisotopic (exact) mass is 1570 g/mol. The molecule has 2 heterocycles. The lowest BCUT2D eigenvalue weighted by Crippen LogP contribution is -2.60. The summed E-state index contributed by atoms with van der Waals surface area (Å²) in [6.07, 6.45) is -3.05. The highest BCUT2D eigenvalue weighted by Crippen LogP contribution is 2.26. The lowest BCUT2D eigenvalue weighted by Gasteiger charge is -2.30. The van der Waals surface area contributed by atoms with Gasteiger partial charge < -0.3 is 111 Å². The average molecular weight is 1570 g/mol. The third-order valence-corrected chi connectivity index (χ3v) is 21.1. The van der Waals surface area contributed by atoms with Crippen LogP contribution in [0.25, 0.3) is 0 Å². The van der Waals surface area contributed by atoms with Crippen LogP contribution in [0.3, 0.4) is 0 Å². The number of hydrogen-bond acceptors (Lipinski definition) is 27. The van der Waals surface area contributed by atoms with Gasteiger partial charge in [-0.05, 0) is 66.9 Å². The minimum atomic E-state index is -1.91. The van der Waals surface area contributed by atoms with Crippen LogP contribution in [0, 0.1) is 5.41 Å². The largest absolute Gasteiger partial charge is 0.481 e. The van der Waals surface area contributed by atoms with Gasteiger partial charge >= 0.3 is 17.9 Å². The molecular weight excluding hydrogens is 1470 g/mol. The van der Waals surface area contributed by atoms with Gasteiger partial charge in [-0.1, -0.05) is 83.8 Å². The molecule has 0 spiro atoms. The van der Waals surface area contributed by atoms with E-state index in [0.717, 1.165) is 43.2 Å². The lowest BCUT2D eigenvalue weighted by molar-refractivity contribution is -0.141. The van der Waals surface area contributed by atoms with Crippen molar-refractivity contribution in [2.45, 2.75) is 159 Å². The molecule has 0 aromatic heterocycles. The highest BCUT2D eigenvalue weighted by Gasteiger charge is 2.37. The van der Waals surface area contributed by atoms with Crippen molar-refractivity contribution >= 4 is 149 Å². The smallest absolute Gasteiger partial charge is 0.322 e. The van der Waals surface area contributed by atoms with E-state index in [-0.39, 0.29) is 68.2 Å². The second kappa shape index (κ2) is 46.7. The number of carboxylic acid groups (broad SMARTS) is 3. The Bertz CT molecular complexity index is 3290. The van der Waals surface area contributed by atoms with Crippen LogP contribution in [0.15, 0.2) is 40.6 Å². The van der Waals surface area contributed by atoms with Gasteiger partial charge in [0.05, 0.1) is 41.9 Å². The van der Waals surface area contributed by atoms with Crippen LogP contribution in [-0.4, -0.2) is 284 Å². The minimum Gasteiger partial charge on any atom is -0.481 e. The first-order valence-electron chi connectivity index (χ1n) is 33.4. The Hall–Kier alpha value is -9.24. The highest BCUT2D eigenvalue weighted by atomic mass is 33.1. The van der Waals surface area contributed by atoms with Crippen molar-refractivity contribution in [2.24, 2.45) is 16.0 Å². The van der Waals surface area contributed by atoms with Crippen LogP contribution in [0.1, 0.15) is 92.6 Å². The number of carboxylic acids is 3. The Morgan fingerprint density at radius 2 is 1.09 bits per heavy atom. The van der Waals surface area contributed by atoms with Crippen LogP contribution in [-0.2, 0) is 78.3 Å². The number of oxime groups is 2. The number of nitrogens with two attached hydrogens (primary N) is 1. The van der Waals surface area contributed by atoms with E-state index < -0.39 is 186 Å². The van der Waals surface area contributed by atoms with E-state index in [9.17, 15) is 92.5 Å². The topological polar surface area (TPSA) is 615 Å². The second-order valence-corrected chi connectivity index (χ2v) is 30.4. The number of hydrogen-bond donors (Lipinski definition) is 22. The molecule has 1 aromatic carbocycles. The normalized spacial score (nSPS) is 19.5. The molecule has 2 fully saturated rings. The number of nitrogens with one attached hydrogen (secondary N) is 16. The number of nitrogens with zero attached hydrogens (tertiary/aromatic N) is 3. The van der Waals surface area contributed by atoms with Crippen molar-refractivity contribution in [3.63, 3.8) is 0 Å². The van der Waals surface area contributed by atoms with E-state index in [4.69, 9.17) is 16.2 Å². The molecule has 106 heavy (non-hydrogen) atoms. The fourth-order valence-electron chi connectivity index (χ4n) is 9.52. The molecule has 44 heteroatoms. The van der Waals surface area contributed by atoms with E-state index in [1.54, 1.807) is 44.2 Å². The maximum Gasteiger partial charge on any atom is 0.322 e. The van der Waals surface area contributed by atoms with Gasteiger partial charge in [-0.2, -0.15) is 0 Å². The number of amides is 12. The minimum absolute atomic E-state index is 0.0186. The molecule has 0 bridgehead atoms. The zero-order valence-electron chi connectivity index (χ0n) is 59.6. The van der Waals surface area contributed by atoms with Gasteiger partial charge in [0.1, 0.15) is 60.9 Å². The van der Waals surface area contributed by atoms with Crippen molar-refractivity contribution < 1.29 is 97.7 Å². The summed E-state index contributed by atoms with van der Waals surface area (Å²) >= 11 is 0. The Morgan fingerprint density at radius 1 is 0.575 bits per heavy atom. The molecule has 0 radical (unpaired) electrons. The van der Waals surface area contributed by atoms with Crippen molar-refractivity contribution in [3.8, 4) is 0 Å². The molecule has 0 saturated carbocycles. The molecule has 9 atom stereocenters. The molecule has 2 aliphatic heterocycles. The first-order valence-corrected chi connectivity index (χ1v) is 38.3. The lowest BCUT2D eigenvalue weighted by atomic mass is 9.99. The fourth-order valence-corrected chi connectivity index (χ4v) is 14.2. The summed E-state index contributed by atoms with van der Waals surface area (Å²) in [6, 6.07) is -5.52. The van der Waals surface area contributed by atoms with Crippen molar-refractivity contribution in [1.82, 2.24) is 84.7 Å². The van der Waals surface area contributed by atoms with Gasteiger partial charge in [0, 0.05) is 88.1 Å². The first kappa shape index (κ1) is 91.0. The highest BCUT2D eigenvalue weighted by molar-refractivity contribution is 8.77. The number of aliphatic carboxylic acids is 3. The molecule has 12 amide bonds. The first-order chi connectivity index (χ1) is 49.9. The summed E-state index contributed by atoms with van der Waals surface area (Å²) in [6.45, 7) is 12.9. The Morgan fingerprint density at radius 3 is 1.63 bits per heavy atom. The van der Waals surface area contributed by atoms with E-state index in [1.165, 1.54) is 6.92 Å².